The molecule has 0 spiro atoms. The Labute approximate surface area is 135 Å². The molecule has 0 bridgehead atoms. The van der Waals surface area contributed by atoms with Crippen LogP contribution in [0.15, 0.2) is 33.3 Å². The maximum atomic E-state index is 13.4. The average molecular weight is 327 g/mol. The van der Waals surface area contributed by atoms with E-state index in [1.54, 1.807) is 13.0 Å². The van der Waals surface area contributed by atoms with Gasteiger partial charge in [-0.15, -0.1) is 10.2 Å². The highest BCUT2D eigenvalue weighted by molar-refractivity contribution is 5.58. The Balaban J connectivity index is 2.05. The first-order valence-electron chi connectivity index (χ1n) is 7.35. The fourth-order valence-corrected chi connectivity index (χ4v) is 2.78. The van der Waals surface area contributed by atoms with Gasteiger partial charge >= 0.3 is 5.69 Å². The number of rotatable bonds is 3. The van der Waals surface area contributed by atoms with Crippen molar-refractivity contribution in [3.63, 3.8) is 0 Å². The predicted octanol–water partition coefficient (Wildman–Crippen LogP) is 1.76. The van der Waals surface area contributed by atoms with Gasteiger partial charge in [0.05, 0.1) is 11.4 Å². The molecule has 1 aliphatic rings. The minimum atomic E-state index is -0.619. The van der Waals surface area contributed by atoms with Gasteiger partial charge in [-0.25, -0.2) is 9.18 Å². The van der Waals surface area contributed by atoms with Crippen LogP contribution in [0.3, 0.4) is 0 Å². The SMILES string of the molecule is C/C(F)=C(\C)[C@H]1C[C@@H]1c1cc(-c2c[nH]c(=O)[nH]c2=O)nnc1C#N. The Morgan fingerprint density at radius 2 is 2.12 bits per heavy atom. The lowest BCUT2D eigenvalue weighted by Gasteiger charge is -2.06. The van der Waals surface area contributed by atoms with Crippen molar-refractivity contribution in [2.24, 2.45) is 5.92 Å². The van der Waals surface area contributed by atoms with Gasteiger partial charge in [0.15, 0.2) is 5.69 Å². The van der Waals surface area contributed by atoms with Crippen molar-refractivity contribution >= 4 is 0 Å². The van der Waals surface area contributed by atoms with E-state index < -0.39 is 11.2 Å². The average Bonchev–Trinajstić information content (AvgIpc) is 3.34. The highest BCUT2D eigenvalue weighted by atomic mass is 19.1. The first-order chi connectivity index (χ1) is 11.4. The molecule has 0 aliphatic heterocycles. The Hall–Kier alpha value is -3.08. The summed E-state index contributed by atoms with van der Waals surface area (Å²) in [5.41, 5.74) is 0.655. The zero-order valence-corrected chi connectivity index (χ0v) is 13.1. The van der Waals surface area contributed by atoms with Crippen molar-refractivity contribution in [1.29, 1.82) is 5.26 Å². The molecular weight excluding hydrogens is 313 g/mol. The minimum absolute atomic E-state index is 0.0213. The molecular formula is C16H14FN5O2. The van der Waals surface area contributed by atoms with E-state index in [1.807, 2.05) is 6.07 Å². The summed E-state index contributed by atoms with van der Waals surface area (Å²) in [4.78, 5) is 27.5. The summed E-state index contributed by atoms with van der Waals surface area (Å²) in [7, 11) is 0. The van der Waals surface area contributed by atoms with Crippen LogP contribution in [0, 0.1) is 17.2 Å². The maximum Gasteiger partial charge on any atom is 0.325 e. The number of aromatic amines is 2. The maximum absolute atomic E-state index is 13.4. The van der Waals surface area contributed by atoms with E-state index in [2.05, 4.69) is 20.2 Å². The molecule has 24 heavy (non-hydrogen) atoms. The summed E-state index contributed by atoms with van der Waals surface area (Å²) >= 11 is 0. The molecule has 2 aromatic heterocycles. The molecule has 1 fully saturated rings. The summed E-state index contributed by atoms with van der Waals surface area (Å²) in [6.45, 7) is 3.14. The minimum Gasteiger partial charge on any atom is -0.313 e. The Bertz CT molecular complexity index is 995. The van der Waals surface area contributed by atoms with Crippen LogP contribution in [0.5, 0.6) is 0 Å². The first kappa shape index (κ1) is 15.8. The third-order valence-corrected chi connectivity index (χ3v) is 4.31. The van der Waals surface area contributed by atoms with Crippen LogP contribution >= 0.6 is 0 Å². The standard InChI is InChI=1S/C16H14FN5O2/c1-7(8(2)17)9-3-10(9)11-4-13(21-22-14(11)5-18)12-6-19-16(24)20-15(12)23/h4,6,9-10H,3H2,1-2H3,(H2,19,20,23,24)/b8-7-/t9-,10+/m1/s1. The third-order valence-electron chi connectivity index (χ3n) is 4.31. The van der Waals surface area contributed by atoms with Gasteiger partial charge in [-0.1, -0.05) is 0 Å². The highest BCUT2D eigenvalue weighted by Crippen LogP contribution is 2.53. The summed E-state index contributed by atoms with van der Waals surface area (Å²) < 4.78 is 13.4. The number of nitriles is 1. The van der Waals surface area contributed by atoms with E-state index in [1.165, 1.54) is 13.1 Å². The van der Waals surface area contributed by atoms with Gasteiger partial charge in [-0.2, -0.15) is 5.26 Å². The number of halogens is 1. The van der Waals surface area contributed by atoms with Crippen LogP contribution in [-0.2, 0) is 0 Å². The van der Waals surface area contributed by atoms with E-state index in [0.29, 0.717) is 11.1 Å². The van der Waals surface area contributed by atoms with Gasteiger partial charge in [0.1, 0.15) is 11.8 Å². The second-order valence-electron chi connectivity index (χ2n) is 5.80. The van der Waals surface area contributed by atoms with Crippen LogP contribution < -0.4 is 11.2 Å². The lowest BCUT2D eigenvalue weighted by molar-refractivity contribution is 0.614. The smallest absolute Gasteiger partial charge is 0.313 e. The van der Waals surface area contributed by atoms with Gasteiger partial charge < -0.3 is 4.98 Å². The van der Waals surface area contributed by atoms with Gasteiger partial charge in [0.2, 0.25) is 0 Å². The highest BCUT2D eigenvalue weighted by Gasteiger charge is 2.42. The van der Waals surface area contributed by atoms with Gasteiger partial charge in [-0.3, -0.25) is 9.78 Å². The Morgan fingerprint density at radius 3 is 2.75 bits per heavy atom. The van der Waals surface area contributed by atoms with E-state index in [4.69, 9.17) is 0 Å². The fourth-order valence-electron chi connectivity index (χ4n) is 2.78. The summed E-state index contributed by atoms with van der Waals surface area (Å²) in [6, 6.07) is 3.59. The number of hydrogen-bond donors (Lipinski definition) is 2. The van der Waals surface area contributed by atoms with Crippen LogP contribution in [0.25, 0.3) is 11.3 Å². The third kappa shape index (κ3) is 2.76. The molecule has 7 nitrogen and oxygen atoms in total. The molecule has 8 heteroatoms. The summed E-state index contributed by atoms with van der Waals surface area (Å²) in [6.07, 6.45) is 1.97. The molecule has 0 radical (unpaired) electrons. The molecule has 1 aliphatic carbocycles. The molecule has 2 aromatic rings. The number of nitrogens with one attached hydrogen (secondary N) is 2. The largest absolute Gasteiger partial charge is 0.325 e. The second kappa shape index (κ2) is 5.85. The predicted molar refractivity (Wildman–Crippen MR) is 83.8 cm³/mol. The Morgan fingerprint density at radius 1 is 1.38 bits per heavy atom. The molecule has 1 saturated carbocycles. The molecule has 0 aromatic carbocycles. The van der Waals surface area contributed by atoms with Crippen molar-refractivity contribution in [1.82, 2.24) is 20.2 Å². The van der Waals surface area contributed by atoms with Crippen molar-refractivity contribution in [3.8, 4) is 17.3 Å². The second-order valence-corrected chi connectivity index (χ2v) is 5.80. The lowest BCUT2D eigenvalue weighted by Crippen LogP contribution is -2.23. The van der Waals surface area contributed by atoms with E-state index in [-0.39, 0.29) is 34.6 Å². The number of aromatic nitrogens is 4. The number of allylic oxidation sites excluding steroid dienone is 2. The van der Waals surface area contributed by atoms with Crippen LogP contribution in [0.2, 0.25) is 0 Å². The molecule has 0 amide bonds. The molecule has 0 unspecified atom stereocenters. The zero-order chi connectivity index (χ0) is 17.4. The Kier molecular flexibility index (Phi) is 3.85. The van der Waals surface area contributed by atoms with Crippen LogP contribution in [-0.4, -0.2) is 20.2 Å². The van der Waals surface area contributed by atoms with Crippen molar-refractivity contribution in [3.05, 3.63) is 55.8 Å². The normalized spacial score (nSPS) is 20.2. The molecule has 2 N–H and O–H groups in total. The van der Waals surface area contributed by atoms with Gasteiger partial charge in [0, 0.05) is 6.20 Å². The van der Waals surface area contributed by atoms with Crippen LogP contribution in [0.4, 0.5) is 4.39 Å². The van der Waals surface area contributed by atoms with E-state index in [0.717, 1.165) is 6.42 Å². The van der Waals surface area contributed by atoms with Gasteiger partial charge in [0.25, 0.3) is 5.56 Å². The fraction of sp³-hybridized carbons (Fsp3) is 0.312. The monoisotopic (exact) mass is 327 g/mol. The molecule has 2 heterocycles. The quantitative estimate of drug-likeness (QED) is 0.891. The molecule has 122 valence electrons. The van der Waals surface area contributed by atoms with Crippen molar-refractivity contribution in [2.45, 2.75) is 26.2 Å². The number of nitrogens with zero attached hydrogens (tertiary/aromatic N) is 3. The molecule has 0 saturated heterocycles. The molecule has 3 rings (SSSR count). The van der Waals surface area contributed by atoms with E-state index >= 15 is 0 Å². The zero-order valence-electron chi connectivity index (χ0n) is 13.1. The topological polar surface area (TPSA) is 115 Å². The van der Waals surface area contributed by atoms with Crippen LogP contribution in [0.1, 0.15) is 37.4 Å². The molecule has 2 atom stereocenters. The van der Waals surface area contributed by atoms with Gasteiger partial charge in [-0.05, 0) is 49.3 Å². The lowest BCUT2D eigenvalue weighted by atomic mass is 10.0. The van der Waals surface area contributed by atoms with E-state index in [9.17, 15) is 19.2 Å². The first-order valence-corrected chi connectivity index (χ1v) is 7.35. The van der Waals surface area contributed by atoms with Crippen molar-refractivity contribution in [2.75, 3.05) is 0 Å². The number of hydrogen-bond acceptors (Lipinski definition) is 5. The number of H-pyrrole nitrogens is 2. The summed E-state index contributed by atoms with van der Waals surface area (Å²) in [5.74, 6) is -0.227. The summed E-state index contributed by atoms with van der Waals surface area (Å²) in [5, 5.41) is 17.0. The van der Waals surface area contributed by atoms with Crippen molar-refractivity contribution < 1.29 is 4.39 Å².